The van der Waals surface area contributed by atoms with Crippen LogP contribution in [0.2, 0.25) is 0 Å². The van der Waals surface area contributed by atoms with Gasteiger partial charge in [0, 0.05) is 16.4 Å². The maximum atomic E-state index is 12.9. The van der Waals surface area contributed by atoms with Crippen LogP contribution < -0.4 is 10.9 Å². The maximum absolute atomic E-state index is 12.9. The number of anilines is 1. The second kappa shape index (κ2) is 7.41. The summed E-state index contributed by atoms with van der Waals surface area (Å²) in [6, 6.07) is 12.8. The Kier molecular flexibility index (Phi) is 5.23. The number of fused-ring (bicyclic) bond motifs is 1. The molecule has 1 heterocycles. The van der Waals surface area contributed by atoms with Crippen LogP contribution in [0.1, 0.15) is 29.9 Å². The molecule has 0 unspecified atom stereocenters. The molecule has 0 saturated carbocycles. The van der Waals surface area contributed by atoms with E-state index in [0.717, 1.165) is 10.0 Å². The van der Waals surface area contributed by atoms with Gasteiger partial charge in [0.1, 0.15) is 0 Å². The Bertz CT molecular complexity index is 1040. The molecule has 0 aliphatic heterocycles. The van der Waals surface area contributed by atoms with E-state index in [2.05, 4.69) is 26.3 Å². The van der Waals surface area contributed by atoms with Gasteiger partial charge in [-0.15, -0.1) is 0 Å². The van der Waals surface area contributed by atoms with E-state index in [-0.39, 0.29) is 23.1 Å². The van der Waals surface area contributed by atoms with Crippen molar-refractivity contribution < 1.29 is 4.79 Å². The van der Waals surface area contributed by atoms with Crippen LogP contribution in [0.25, 0.3) is 10.8 Å². The Morgan fingerprint density at radius 3 is 2.54 bits per heavy atom. The van der Waals surface area contributed by atoms with Crippen LogP contribution in [0.15, 0.2) is 51.7 Å². The van der Waals surface area contributed by atoms with Gasteiger partial charge >= 0.3 is 0 Å². The van der Waals surface area contributed by atoms with Crippen LogP contribution in [0.3, 0.4) is 0 Å². The van der Waals surface area contributed by atoms with Crippen molar-refractivity contribution in [3.8, 4) is 0 Å². The zero-order chi connectivity index (χ0) is 18.8. The molecule has 0 spiro atoms. The first-order chi connectivity index (χ1) is 12.4. The average Bonchev–Trinajstić information content (AvgIpc) is 2.59. The number of aryl methyl sites for hydroxylation is 1. The highest BCUT2D eigenvalue weighted by Crippen LogP contribution is 2.24. The summed E-state index contributed by atoms with van der Waals surface area (Å²) in [6.45, 7) is 6.45. The molecule has 0 radical (unpaired) electrons. The van der Waals surface area contributed by atoms with Gasteiger partial charge in [-0.3, -0.25) is 9.59 Å². The van der Waals surface area contributed by atoms with Gasteiger partial charge < -0.3 is 5.32 Å². The number of rotatable bonds is 4. The molecule has 1 aromatic heterocycles. The first-order valence-corrected chi connectivity index (χ1v) is 9.23. The largest absolute Gasteiger partial charge is 0.320 e. The predicted octanol–water partition coefficient (Wildman–Crippen LogP) is 4.38. The van der Waals surface area contributed by atoms with Crippen molar-refractivity contribution in [1.29, 1.82) is 0 Å². The Hall–Kier alpha value is -2.47. The van der Waals surface area contributed by atoms with Gasteiger partial charge in [0.15, 0.2) is 5.69 Å². The van der Waals surface area contributed by atoms with Crippen LogP contribution in [-0.4, -0.2) is 15.7 Å². The molecule has 0 aliphatic rings. The minimum Gasteiger partial charge on any atom is -0.320 e. The monoisotopic (exact) mass is 413 g/mol. The average molecular weight is 414 g/mol. The third-order valence-electron chi connectivity index (χ3n) is 3.99. The van der Waals surface area contributed by atoms with Crippen molar-refractivity contribution in [2.24, 2.45) is 5.92 Å². The summed E-state index contributed by atoms with van der Waals surface area (Å²) in [7, 11) is 0. The van der Waals surface area contributed by atoms with Crippen LogP contribution in [0.5, 0.6) is 0 Å². The van der Waals surface area contributed by atoms with Gasteiger partial charge in [0.25, 0.3) is 11.5 Å². The molecular weight excluding hydrogens is 394 g/mol. The number of aromatic nitrogens is 2. The molecular formula is C20H20BrN3O2. The highest BCUT2D eigenvalue weighted by Gasteiger charge is 2.18. The van der Waals surface area contributed by atoms with Gasteiger partial charge in [-0.05, 0) is 52.5 Å². The number of nitrogens with one attached hydrogen (secondary N) is 1. The second-order valence-electron chi connectivity index (χ2n) is 6.71. The van der Waals surface area contributed by atoms with E-state index in [0.29, 0.717) is 23.0 Å². The predicted molar refractivity (Wildman–Crippen MR) is 108 cm³/mol. The molecule has 26 heavy (non-hydrogen) atoms. The fourth-order valence-corrected chi connectivity index (χ4v) is 3.37. The lowest BCUT2D eigenvalue weighted by atomic mass is 10.1. The zero-order valence-electron chi connectivity index (χ0n) is 14.9. The highest BCUT2D eigenvalue weighted by molar-refractivity contribution is 9.10. The normalized spacial score (nSPS) is 11.1. The summed E-state index contributed by atoms with van der Waals surface area (Å²) < 4.78 is 2.18. The summed E-state index contributed by atoms with van der Waals surface area (Å²) in [4.78, 5) is 25.6. The number of hydrogen-bond donors (Lipinski definition) is 1. The molecule has 134 valence electrons. The Morgan fingerprint density at radius 1 is 1.19 bits per heavy atom. The number of halogens is 1. The highest BCUT2D eigenvalue weighted by atomic mass is 79.9. The van der Waals surface area contributed by atoms with E-state index in [1.165, 1.54) is 4.68 Å². The number of benzene rings is 2. The number of nitrogens with zero attached hydrogens (tertiary/aromatic N) is 2. The Balaban J connectivity index is 2.09. The lowest BCUT2D eigenvalue weighted by molar-refractivity contribution is 0.102. The maximum Gasteiger partial charge on any atom is 0.276 e. The number of hydrogen-bond acceptors (Lipinski definition) is 3. The van der Waals surface area contributed by atoms with Gasteiger partial charge in [-0.1, -0.05) is 38.1 Å². The molecule has 0 fully saturated rings. The first-order valence-electron chi connectivity index (χ1n) is 8.44. The molecule has 3 rings (SSSR count). The molecule has 0 aliphatic carbocycles. The van der Waals surface area contributed by atoms with E-state index in [9.17, 15) is 9.59 Å². The minimum atomic E-state index is -0.344. The van der Waals surface area contributed by atoms with Crippen molar-refractivity contribution in [2.75, 3.05) is 5.32 Å². The summed E-state index contributed by atoms with van der Waals surface area (Å²) in [5.41, 5.74) is 1.81. The zero-order valence-corrected chi connectivity index (χ0v) is 16.5. The van der Waals surface area contributed by atoms with Crippen molar-refractivity contribution in [3.05, 3.63) is 68.5 Å². The number of amides is 1. The molecule has 3 aromatic rings. The Morgan fingerprint density at radius 2 is 1.88 bits per heavy atom. The van der Waals surface area contributed by atoms with Gasteiger partial charge in [-0.2, -0.15) is 5.10 Å². The summed E-state index contributed by atoms with van der Waals surface area (Å²) in [5, 5.41) is 8.29. The van der Waals surface area contributed by atoms with Gasteiger partial charge in [-0.25, -0.2) is 4.68 Å². The number of carbonyl (C=O) groups excluding carboxylic acids is 1. The van der Waals surface area contributed by atoms with Crippen LogP contribution in [0.4, 0.5) is 5.69 Å². The van der Waals surface area contributed by atoms with Crippen LogP contribution >= 0.6 is 15.9 Å². The van der Waals surface area contributed by atoms with E-state index >= 15 is 0 Å². The topological polar surface area (TPSA) is 64.0 Å². The molecule has 1 N–H and O–H groups in total. The molecule has 0 atom stereocenters. The minimum absolute atomic E-state index is 0.178. The molecule has 0 saturated heterocycles. The summed E-state index contributed by atoms with van der Waals surface area (Å²) in [5.74, 6) is -0.105. The lowest BCUT2D eigenvalue weighted by Crippen LogP contribution is -2.29. The van der Waals surface area contributed by atoms with Crippen molar-refractivity contribution in [1.82, 2.24) is 9.78 Å². The fraction of sp³-hybridized carbons (Fsp3) is 0.250. The standard InChI is InChI=1S/C20H20BrN3O2/c1-12(2)11-24-20(26)15-7-5-4-6-14(15)18(23-24)19(25)22-17-9-8-13(3)10-16(17)21/h4-10,12H,11H2,1-3H3,(H,22,25). The second-order valence-corrected chi connectivity index (χ2v) is 7.57. The quantitative estimate of drug-likeness (QED) is 0.690. The van der Waals surface area contributed by atoms with Crippen LogP contribution in [-0.2, 0) is 6.54 Å². The van der Waals surface area contributed by atoms with E-state index < -0.39 is 0 Å². The third kappa shape index (κ3) is 3.70. The van der Waals surface area contributed by atoms with Crippen molar-refractivity contribution in [3.63, 3.8) is 0 Å². The third-order valence-corrected chi connectivity index (χ3v) is 4.65. The summed E-state index contributed by atoms with van der Waals surface area (Å²) >= 11 is 3.47. The lowest BCUT2D eigenvalue weighted by Gasteiger charge is -2.13. The molecule has 1 amide bonds. The van der Waals surface area contributed by atoms with Gasteiger partial charge in [0.2, 0.25) is 0 Å². The van der Waals surface area contributed by atoms with Gasteiger partial charge in [0.05, 0.1) is 11.1 Å². The smallest absolute Gasteiger partial charge is 0.276 e. The van der Waals surface area contributed by atoms with E-state index in [4.69, 9.17) is 0 Å². The van der Waals surface area contributed by atoms with Crippen molar-refractivity contribution in [2.45, 2.75) is 27.3 Å². The molecule has 2 aromatic carbocycles. The van der Waals surface area contributed by atoms with E-state index in [1.807, 2.05) is 39.0 Å². The first kappa shape index (κ1) is 18.3. The molecule has 5 nitrogen and oxygen atoms in total. The molecule has 0 bridgehead atoms. The SMILES string of the molecule is Cc1ccc(NC(=O)c2nn(CC(C)C)c(=O)c3ccccc23)c(Br)c1. The molecule has 6 heteroatoms. The van der Waals surface area contributed by atoms with Crippen LogP contribution in [0, 0.1) is 12.8 Å². The summed E-state index contributed by atoms with van der Waals surface area (Å²) in [6.07, 6.45) is 0. The number of carbonyl (C=O) groups is 1. The van der Waals surface area contributed by atoms with Crippen molar-refractivity contribution >= 4 is 38.3 Å². The Labute approximate surface area is 160 Å². The van der Waals surface area contributed by atoms with E-state index in [1.54, 1.807) is 24.3 Å². The fourth-order valence-electron chi connectivity index (χ4n) is 2.78.